The fourth-order valence-electron chi connectivity index (χ4n) is 3.69. The highest BCUT2D eigenvalue weighted by Gasteiger charge is 2.52. The van der Waals surface area contributed by atoms with Crippen LogP contribution in [-0.4, -0.2) is 36.4 Å². The Kier molecular flexibility index (Phi) is 8.44. The van der Waals surface area contributed by atoms with Gasteiger partial charge in [-0.2, -0.15) is 0 Å². The summed E-state index contributed by atoms with van der Waals surface area (Å²) in [6.07, 6.45) is 10.3. The van der Waals surface area contributed by atoms with Gasteiger partial charge in [0.05, 0.1) is 12.8 Å². The number of hydrogen-bond donors (Lipinski definition) is 2. The molecule has 1 heterocycles. The van der Waals surface area contributed by atoms with Crippen LogP contribution in [0.1, 0.15) is 52.5 Å². The molecule has 1 aliphatic rings. The topological polar surface area (TPSA) is 70.0 Å². The standard InChI is InChI=1S/C25H35NO4/c1-18(2)9-8-10-19(3)14-15-26-23-13-12-21(30-5)17-22(23)25(29,24(26)28)20(4)11-6-7-16-27/h6,9,11-14,17,20,27,29H,7-8,10,15-16H2,1-5H3/b11-6+,19-14+/t20-,25+/m1/s1. The third-order valence-electron chi connectivity index (χ3n) is 5.57. The average molecular weight is 414 g/mol. The number of carbonyl (C=O) groups is 1. The van der Waals surface area contributed by atoms with E-state index in [0.717, 1.165) is 12.8 Å². The Morgan fingerprint density at radius 1 is 1.23 bits per heavy atom. The number of aliphatic hydroxyl groups excluding tert-OH is 1. The summed E-state index contributed by atoms with van der Waals surface area (Å²) in [6, 6.07) is 5.39. The normalized spacial score (nSPS) is 19.9. The Morgan fingerprint density at radius 2 is 1.97 bits per heavy atom. The maximum absolute atomic E-state index is 13.4. The number of rotatable bonds is 10. The smallest absolute Gasteiger partial charge is 0.264 e. The van der Waals surface area contributed by atoms with Gasteiger partial charge in [0.1, 0.15) is 5.75 Å². The summed E-state index contributed by atoms with van der Waals surface area (Å²) < 4.78 is 5.33. The van der Waals surface area contributed by atoms with Crippen LogP contribution in [0.5, 0.6) is 5.75 Å². The summed E-state index contributed by atoms with van der Waals surface area (Å²) in [7, 11) is 1.57. The molecule has 30 heavy (non-hydrogen) atoms. The number of allylic oxidation sites excluding steroid dienone is 3. The lowest BCUT2D eigenvalue weighted by molar-refractivity contribution is -0.139. The van der Waals surface area contributed by atoms with Crippen LogP contribution in [0.3, 0.4) is 0 Å². The first-order valence-electron chi connectivity index (χ1n) is 10.5. The molecule has 1 aliphatic heterocycles. The number of amides is 1. The van der Waals surface area contributed by atoms with Gasteiger partial charge in [-0.15, -0.1) is 0 Å². The first-order chi connectivity index (χ1) is 14.2. The molecule has 0 spiro atoms. The van der Waals surface area contributed by atoms with Crippen molar-refractivity contribution < 1.29 is 19.7 Å². The van der Waals surface area contributed by atoms with Crippen LogP contribution in [0.25, 0.3) is 0 Å². The molecular formula is C25H35NO4. The molecule has 5 heteroatoms. The van der Waals surface area contributed by atoms with E-state index in [-0.39, 0.29) is 12.5 Å². The van der Waals surface area contributed by atoms with Crippen LogP contribution >= 0.6 is 0 Å². The number of anilines is 1. The van der Waals surface area contributed by atoms with E-state index in [1.807, 2.05) is 19.1 Å². The van der Waals surface area contributed by atoms with E-state index in [0.29, 0.717) is 30.0 Å². The molecule has 0 aliphatic carbocycles. The average Bonchev–Trinajstić information content (AvgIpc) is 2.93. The largest absolute Gasteiger partial charge is 0.497 e. The molecule has 0 saturated heterocycles. The van der Waals surface area contributed by atoms with Crippen LogP contribution < -0.4 is 9.64 Å². The monoisotopic (exact) mass is 413 g/mol. The molecule has 1 aromatic rings. The van der Waals surface area contributed by atoms with Crippen LogP contribution in [0.2, 0.25) is 0 Å². The van der Waals surface area contributed by atoms with E-state index in [1.165, 1.54) is 11.1 Å². The molecule has 0 unspecified atom stereocenters. The van der Waals surface area contributed by atoms with Crippen molar-refractivity contribution in [2.45, 2.75) is 52.6 Å². The van der Waals surface area contributed by atoms with Crippen molar-refractivity contribution in [1.82, 2.24) is 0 Å². The Bertz CT molecular complexity index is 836. The third-order valence-corrected chi connectivity index (χ3v) is 5.57. The number of hydrogen-bond acceptors (Lipinski definition) is 4. The van der Waals surface area contributed by atoms with Crippen molar-refractivity contribution in [2.24, 2.45) is 5.92 Å². The van der Waals surface area contributed by atoms with Gasteiger partial charge in [-0.1, -0.05) is 42.4 Å². The second kappa shape index (κ2) is 10.6. The van der Waals surface area contributed by atoms with Gasteiger partial charge in [-0.3, -0.25) is 4.79 Å². The minimum atomic E-state index is -1.67. The molecule has 164 valence electrons. The highest BCUT2D eigenvalue weighted by Crippen LogP contribution is 2.46. The van der Waals surface area contributed by atoms with Crippen molar-refractivity contribution in [1.29, 1.82) is 0 Å². The summed E-state index contributed by atoms with van der Waals surface area (Å²) in [6.45, 7) is 8.51. The van der Waals surface area contributed by atoms with E-state index >= 15 is 0 Å². The zero-order valence-electron chi connectivity index (χ0n) is 18.8. The van der Waals surface area contributed by atoms with Crippen molar-refractivity contribution in [3.05, 3.63) is 59.2 Å². The van der Waals surface area contributed by atoms with Crippen molar-refractivity contribution in [3.63, 3.8) is 0 Å². The van der Waals surface area contributed by atoms with Gasteiger partial charge < -0.3 is 19.8 Å². The molecule has 1 amide bonds. The number of benzene rings is 1. The van der Waals surface area contributed by atoms with Gasteiger partial charge in [0, 0.05) is 24.6 Å². The summed E-state index contributed by atoms with van der Waals surface area (Å²) in [4.78, 5) is 15.0. The number of aliphatic hydroxyl groups is 2. The van der Waals surface area contributed by atoms with Crippen LogP contribution in [-0.2, 0) is 10.4 Å². The molecule has 0 radical (unpaired) electrons. The van der Waals surface area contributed by atoms with Gasteiger partial charge in [-0.25, -0.2) is 0 Å². The summed E-state index contributed by atoms with van der Waals surface area (Å²) in [5, 5.41) is 20.6. The van der Waals surface area contributed by atoms with Crippen molar-refractivity contribution in [2.75, 3.05) is 25.2 Å². The molecule has 2 N–H and O–H groups in total. The Morgan fingerprint density at radius 3 is 2.60 bits per heavy atom. The Hall–Kier alpha value is -2.37. The molecule has 5 nitrogen and oxygen atoms in total. The lowest BCUT2D eigenvalue weighted by atomic mass is 9.83. The minimum absolute atomic E-state index is 0.0307. The third kappa shape index (κ3) is 5.21. The highest BCUT2D eigenvalue weighted by atomic mass is 16.5. The van der Waals surface area contributed by atoms with Gasteiger partial charge in [-0.05, 0) is 58.2 Å². The lowest BCUT2D eigenvalue weighted by Gasteiger charge is -2.27. The predicted molar refractivity (Wildman–Crippen MR) is 122 cm³/mol. The predicted octanol–water partition coefficient (Wildman–Crippen LogP) is 4.50. The molecule has 2 atom stereocenters. The first-order valence-corrected chi connectivity index (χ1v) is 10.5. The molecule has 2 rings (SSSR count). The molecule has 0 fully saturated rings. The van der Waals surface area contributed by atoms with Crippen molar-refractivity contribution in [3.8, 4) is 5.75 Å². The molecular weight excluding hydrogens is 378 g/mol. The second-order valence-electron chi connectivity index (χ2n) is 8.16. The Labute approximate surface area is 180 Å². The van der Waals surface area contributed by atoms with Gasteiger partial charge in [0.15, 0.2) is 5.60 Å². The fraction of sp³-hybridized carbons (Fsp3) is 0.480. The number of carbonyl (C=O) groups excluding carboxylic acids is 1. The summed E-state index contributed by atoms with van der Waals surface area (Å²) in [5.74, 6) is -0.183. The Balaban J connectivity index is 2.33. The van der Waals surface area contributed by atoms with Gasteiger partial charge in [0.25, 0.3) is 5.91 Å². The van der Waals surface area contributed by atoms with E-state index in [2.05, 4.69) is 32.9 Å². The molecule has 0 saturated carbocycles. The molecule has 0 bridgehead atoms. The van der Waals surface area contributed by atoms with Crippen LogP contribution in [0, 0.1) is 5.92 Å². The van der Waals surface area contributed by atoms with Crippen LogP contribution in [0.15, 0.2) is 53.6 Å². The lowest BCUT2D eigenvalue weighted by Crippen LogP contribution is -2.44. The second-order valence-corrected chi connectivity index (χ2v) is 8.16. The maximum Gasteiger partial charge on any atom is 0.264 e. The van der Waals surface area contributed by atoms with Crippen molar-refractivity contribution >= 4 is 11.6 Å². The number of ether oxygens (including phenoxy) is 1. The highest BCUT2D eigenvalue weighted by molar-refractivity contribution is 6.07. The van der Waals surface area contributed by atoms with Gasteiger partial charge in [0.2, 0.25) is 0 Å². The fourth-order valence-corrected chi connectivity index (χ4v) is 3.69. The quantitative estimate of drug-likeness (QED) is 0.554. The number of methoxy groups -OCH3 is 1. The van der Waals surface area contributed by atoms with Gasteiger partial charge >= 0.3 is 0 Å². The van der Waals surface area contributed by atoms with E-state index in [4.69, 9.17) is 9.84 Å². The van der Waals surface area contributed by atoms with E-state index in [1.54, 1.807) is 30.2 Å². The zero-order valence-corrected chi connectivity index (χ0v) is 18.8. The zero-order chi connectivity index (χ0) is 22.3. The number of nitrogens with zero attached hydrogens (tertiary/aromatic N) is 1. The number of fused-ring (bicyclic) bond motifs is 1. The molecule has 1 aromatic carbocycles. The van der Waals surface area contributed by atoms with E-state index < -0.39 is 11.5 Å². The minimum Gasteiger partial charge on any atom is -0.497 e. The van der Waals surface area contributed by atoms with E-state index in [9.17, 15) is 9.90 Å². The first kappa shape index (κ1) is 23.9. The molecule has 0 aromatic heterocycles. The van der Waals surface area contributed by atoms with Crippen LogP contribution in [0.4, 0.5) is 5.69 Å². The maximum atomic E-state index is 13.4. The summed E-state index contributed by atoms with van der Waals surface area (Å²) in [5.41, 5.74) is 2.11. The SMILES string of the molecule is COc1ccc2c(c1)[C@@](O)([C@H](C)/C=C/CCO)C(=O)N2C/C=C(\C)CCC=C(C)C. The summed E-state index contributed by atoms with van der Waals surface area (Å²) >= 11 is 0.